The summed E-state index contributed by atoms with van der Waals surface area (Å²) in [6.07, 6.45) is 2.75. The number of nitro groups is 1. The van der Waals surface area contributed by atoms with E-state index in [1.807, 2.05) is 0 Å². The minimum Gasteiger partial charge on any atom is -0.345 e. The fourth-order valence-corrected chi connectivity index (χ4v) is 1.10. The Morgan fingerprint density at radius 1 is 1.38 bits per heavy atom. The molecule has 84 valence electrons. The summed E-state index contributed by atoms with van der Waals surface area (Å²) in [6.45, 7) is 0. The summed E-state index contributed by atoms with van der Waals surface area (Å²) in [7, 11) is 3.23. The lowest BCUT2D eigenvalue weighted by molar-refractivity contribution is -0.385. The van der Waals surface area contributed by atoms with Crippen LogP contribution in [-0.2, 0) is 4.79 Å². The van der Waals surface area contributed by atoms with Crippen molar-refractivity contribution in [3.8, 4) is 0 Å². The van der Waals surface area contributed by atoms with E-state index in [4.69, 9.17) is 0 Å². The number of hydrogen-bond donors (Lipinski definition) is 0. The Kier molecular flexibility index (Phi) is 3.77. The van der Waals surface area contributed by atoms with Gasteiger partial charge in [-0.25, -0.2) is 0 Å². The zero-order valence-corrected chi connectivity index (χ0v) is 9.08. The van der Waals surface area contributed by atoms with Gasteiger partial charge in [-0.2, -0.15) is 0 Å². The highest BCUT2D eigenvalue weighted by Crippen LogP contribution is 2.18. The van der Waals surface area contributed by atoms with Gasteiger partial charge in [0.05, 0.1) is 10.5 Å². The molecule has 1 rings (SSSR count). The normalized spacial score (nSPS) is 10.4. The molecule has 0 aliphatic heterocycles. The van der Waals surface area contributed by atoms with Gasteiger partial charge in [-0.05, 0) is 12.1 Å². The molecule has 0 heterocycles. The van der Waals surface area contributed by atoms with Crippen molar-refractivity contribution in [1.29, 1.82) is 0 Å². The number of rotatable bonds is 3. The van der Waals surface area contributed by atoms with Gasteiger partial charge in [-0.15, -0.1) is 0 Å². The van der Waals surface area contributed by atoms with Gasteiger partial charge in [0.2, 0.25) is 5.91 Å². The quantitative estimate of drug-likeness (QED) is 0.442. The Morgan fingerprint density at radius 2 is 2.00 bits per heavy atom. The zero-order chi connectivity index (χ0) is 12.1. The summed E-state index contributed by atoms with van der Waals surface area (Å²) in [5, 5.41) is 10.7. The summed E-state index contributed by atoms with van der Waals surface area (Å²) in [6, 6.07) is 6.27. The van der Waals surface area contributed by atoms with Crippen LogP contribution in [0, 0.1) is 10.1 Å². The monoisotopic (exact) mass is 220 g/mol. The Bertz CT molecular complexity index is 439. The molecule has 0 atom stereocenters. The van der Waals surface area contributed by atoms with Crippen LogP contribution in [0.15, 0.2) is 30.3 Å². The maximum absolute atomic E-state index is 11.3. The smallest absolute Gasteiger partial charge is 0.276 e. The fourth-order valence-electron chi connectivity index (χ4n) is 1.10. The molecule has 0 bridgehead atoms. The molecule has 5 nitrogen and oxygen atoms in total. The topological polar surface area (TPSA) is 63.5 Å². The number of benzene rings is 1. The van der Waals surface area contributed by atoms with Crippen LogP contribution in [0.3, 0.4) is 0 Å². The first-order chi connectivity index (χ1) is 7.52. The summed E-state index contributed by atoms with van der Waals surface area (Å²) in [5.74, 6) is -0.210. The number of amides is 1. The van der Waals surface area contributed by atoms with Crippen molar-refractivity contribution >= 4 is 17.7 Å². The van der Waals surface area contributed by atoms with E-state index in [-0.39, 0.29) is 11.6 Å². The van der Waals surface area contributed by atoms with Crippen molar-refractivity contribution in [1.82, 2.24) is 4.90 Å². The highest BCUT2D eigenvalue weighted by Gasteiger charge is 2.09. The number of carbonyl (C=O) groups is 1. The first-order valence-electron chi connectivity index (χ1n) is 4.65. The third-order valence-electron chi connectivity index (χ3n) is 1.98. The second kappa shape index (κ2) is 5.06. The number of para-hydroxylation sites is 1. The number of carbonyl (C=O) groups excluding carboxylic acids is 1. The molecule has 0 radical (unpaired) electrons. The molecule has 0 saturated heterocycles. The SMILES string of the molecule is CN(C)C(=O)/C=C/c1ccccc1[N+](=O)[O-]. The number of likely N-dealkylation sites (N-methyl/N-ethyl adjacent to an activating group) is 1. The van der Waals surface area contributed by atoms with Gasteiger partial charge < -0.3 is 4.90 Å². The predicted molar refractivity (Wildman–Crippen MR) is 60.8 cm³/mol. The van der Waals surface area contributed by atoms with E-state index in [1.54, 1.807) is 32.3 Å². The number of hydrogen-bond acceptors (Lipinski definition) is 3. The van der Waals surface area contributed by atoms with Crippen molar-refractivity contribution in [2.75, 3.05) is 14.1 Å². The molecule has 0 spiro atoms. The Hall–Kier alpha value is -2.17. The van der Waals surface area contributed by atoms with E-state index in [2.05, 4.69) is 0 Å². The van der Waals surface area contributed by atoms with Crippen LogP contribution in [0.1, 0.15) is 5.56 Å². The summed E-state index contributed by atoms with van der Waals surface area (Å²) < 4.78 is 0. The van der Waals surface area contributed by atoms with Crippen LogP contribution in [-0.4, -0.2) is 29.8 Å². The van der Waals surface area contributed by atoms with Crippen molar-refractivity contribution in [2.24, 2.45) is 0 Å². The van der Waals surface area contributed by atoms with E-state index in [0.29, 0.717) is 5.56 Å². The van der Waals surface area contributed by atoms with E-state index in [1.165, 1.54) is 23.1 Å². The molecular weight excluding hydrogens is 208 g/mol. The van der Waals surface area contributed by atoms with Gasteiger partial charge in [0.1, 0.15) is 0 Å². The molecule has 0 unspecified atom stereocenters. The minimum absolute atomic E-state index is 0.00898. The van der Waals surface area contributed by atoms with Gasteiger partial charge in [0, 0.05) is 26.2 Å². The standard InChI is InChI=1S/C11H12N2O3/c1-12(2)11(14)8-7-9-5-3-4-6-10(9)13(15)16/h3-8H,1-2H3/b8-7+. The summed E-state index contributed by atoms with van der Waals surface area (Å²) in [5.41, 5.74) is 0.410. The lowest BCUT2D eigenvalue weighted by atomic mass is 10.1. The predicted octanol–water partition coefficient (Wildman–Crippen LogP) is 1.70. The Labute approximate surface area is 93.1 Å². The van der Waals surface area contributed by atoms with Gasteiger partial charge in [0.25, 0.3) is 5.69 Å². The van der Waals surface area contributed by atoms with Gasteiger partial charge >= 0.3 is 0 Å². The molecule has 0 fully saturated rings. The maximum atomic E-state index is 11.3. The Balaban J connectivity index is 2.97. The molecule has 1 aromatic rings. The van der Waals surface area contributed by atoms with E-state index in [9.17, 15) is 14.9 Å². The molecular formula is C11H12N2O3. The number of nitrogens with zero attached hydrogens (tertiary/aromatic N) is 2. The van der Waals surface area contributed by atoms with Crippen LogP contribution in [0.4, 0.5) is 5.69 Å². The second-order valence-corrected chi connectivity index (χ2v) is 3.38. The lowest BCUT2D eigenvalue weighted by Gasteiger charge is -2.05. The average Bonchev–Trinajstić information content (AvgIpc) is 2.25. The fraction of sp³-hybridized carbons (Fsp3) is 0.182. The lowest BCUT2D eigenvalue weighted by Crippen LogP contribution is -2.18. The van der Waals surface area contributed by atoms with Gasteiger partial charge in [0.15, 0.2) is 0 Å². The molecule has 0 aliphatic carbocycles. The minimum atomic E-state index is -0.472. The summed E-state index contributed by atoms with van der Waals surface area (Å²) in [4.78, 5) is 22.9. The van der Waals surface area contributed by atoms with Gasteiger partial charge in [-0.3, -0.25) is 14.9 Å². The Morgan fingerprint density at radius 3 is 2.56 bits per heavy atom. The molecule has 0 aliphatic rings. The van der Waals surface area contributed by atoms with Crippen LogP contribution < -0.4 is 0 Å². The molecule has 1 amide bonds. The average molecular weight is 220 g/mol. The van der Waals surface area contributed by atoms with E-state index >= 15 is 0 Å². The molecule has 5 heteroatoms. The summed E-state index contributed by atoms with van der Waals surface area (Å²) >= 11 is 0. The molecule has 1 aromatic carbocycles. The highest BCUT2D eigenvalue weighted by molar-refractivity contribution is 5.92. The third kappa shape index (κ3) is 2.91. The van der Waals surface area contributed by atoms with Crippen molar-refractivity contribution in [2.45, 2.75) is 0 Å². The maximum Gasteiger partial charge on any atom is 0.276 e. The van der Waals surface area contributed by atoms with Crippen LogP contribution >= 0.6 is 0 Å². The molecule has 0 N–H and O–H groups in total. The van der Waals surface area contributed by atoms with Crippen LogP contribution in [0.2, 0.25) is 0 Å². The molecule has 0 saturated carbocycles. The highest BCUT2D eigenvalue weighted by atomic mass is 16.6. The van der Waals surface area contributed by atoms with Crippen molar-refractivity contribution in [3.05, 3.63) is 46.0 Å². The zero-order valence-electron chi connectivity index (χ0n) is 9.08. The van der Waals surface area contributed by atoms with E-state index in [0.717, 1.165) is 0 Å². The van der Waals surface area contributed by atoms with Crippen molar-refractivity contribution < 1.29 is 9.72 Å². The first-order valence-corrected chi connectivity index (χ1v) is 4.65. The molecule has 16 heavy (non-hydrogen) atoms. The molecule has 0 aromatic heterocycles. The van der Waals surface area contributed by atoms with Crippen LogP contribution in [0.25, 0.3) is 6.08 Å². The largest absolute Gasteiger partial charge is 0.345 e. The first kappa shape index (κ1) is 11.9. The van der Waals surface area contributed by atoms with Gasteiger partial charge in [-0.1, -0.05) is 12.1 Å². The van der Waals surface area contributed by atoms with Crippen LogP contribution in [0.5, 0.6) is 0 Å². The second-order valence-electron chi connectivity index (χ2n) is 3.38. The van der Waals surface area contributed by atoms with Crippen molar-refractivity contribution in [3.63, 3.8) is 0 Å². The van der Waals surface area contributed by atoms with E-state index < -0.39 is 4.92 Å². The third-order valence-corrected chi connectivity index (χ3v) is 1.98. The number of nitro benzene ring substituents is 1.